The highest BCUT2D eigenvalue weighted by Gasteiger charge is 2.33. The Bertz CT molecular complexity index is 591. The lowest BCUT2D eigenvalue weighted by atomic mass is 10.1. The molecule has 24 heavy (non-hydrogen) atoms. The number of piperazine rings is 1. The van der Waals surface area contributed by atoms with Gasteiger partial charge in [0, 0.05) is 40.2 Å². The minimum Gasteiger partial charge on any atom is -0.358 e. The maximum Gasteiger partial charge on any atom is 0.242 e. The summed E-state index contributed by atoms with van der Waals surface area (Å²) in [6.07, 6.45) is 0. The Morgan fingerprint density at radius 1 is 1.17 bits per heavy atom. The molecule has 1 aliphatic rings. The fraction of sp³-hybridized carbons (Fsp3) is 0.471. The van der Waals surface area contributed by atoms with Crippen LogP contribution in [0, 0.1) is 0 Å². The van der Waals surface area contributed by atoms with Crippen LogP contribution in [0.15, 0.2) is 30.3 Å². The van der Waals surface area contributed by atoms with Gasteiger partial charge in [-0.1, -0.05) is 30.3 Å². The molecular formula is C17H24N4O3. The zero-order valence-corrected chi connectivity index (χ0v) is 14.1. The number of nitrogens with one attached hydrogen (secondary N) is 2. The highest BCUT2D eigenvalue weighted by atomic mass is 16.2. The first-order chi connectivity index (χ1) is 11.5. The highest BCUT2D eigenvalue weighted by molar-refractivity contribution is 5.86. The van der Waals surface area contributed by atoms with Gasteiger partial charge in [0.1, 0.15) is 6.04 Å². The molecule has 0 aromatic heterocycles. The van der Waals surface area contributed by atoms with E-state index < -0.39 is 6.04 Å². The number of benzene rings is 1. The van der Waals surface area contributed by atoms with E-state index in [0.29, 0.717) is 26.2 Å². The van der Waals surface area contributed by atoms with Crippen LogP contribution in [0.3, 0.4) is 0 Å². The standard InChI is InChI=1S/C17H24N4O3/c1-13(22)19-10-16(23)21-9-8-20(15(12-21)17(24)18-2)11-14-6-4-3-5-7-14/h3-7,15H,8-12H2,1-2H3,(H,18,24)(H,19,22)/t15-/m0/s1. The summed E-state index contributed by atoms with van der Waals surface area (Å²) in [5.74, 6) is -0.518. The van der Waals surface area contributed by atoms with E-state index in [2.05, 4.69) is 15.5 Å². The Morgan fingerprint density at radius 3 is 2.50 bits per heavy atom. The predicted molar refractivity (Wildman–Crippen MR) is 90.0 cm³/mol. The summed E-state index contributed by atoms with van der Waals surface area (Å²) in [5, 5.41) is 5.18. The predicted octanol–water partition coefficient (Wildman–Crippen LogP) is -0.418. The molecule has 1 aliphatic heterocycles. The lowest BCUT2D eigenvalue weighted by Crippen LogP contribution is -2.60. The van der Waals surface area contributed by atoms with Crippen molar-refractivity contribution in [2.75, 3.05) is 33.2 Å². The molecule has 7 heteroatoms. The fourth-order valence-corrected chi connectivity index (χ4v) is 2.78. The molecule has 2 rings (SSSR count). The van der Waals surface area contributed by atoms with Crippen LogP contribution in [-0.4, -0.2) is 66.8 Å². The van der Waals surface area contributed by atoms with Crippen LogP contribution < -0.4 is 10.6 Å². The summed E-state index contributed by atoms with van der Waals surface area (Å²) in [7, 11) is 1.60. The summed E-state index contributed by atoms with van der Waals surface area (Å²) in [6, 6.07) is 9.54. The average molecular weight is 332 g/mol. The molecule has 7 nitrogen and oxygen atoms in total. The van der Waals surface area contributed by atoms with E-state index in [1.165, 1.54) is 6.92 Å². The van der Waals surface area contributed by atoms with Gasteiger partial charge in [0.05, 0.1) is 6.54 Å². The van der Waals surface area contributed by atoms with Gasteiger partial charge in [0.25, 0.3) is 0 Å². The molecular weight excluding hydrogens is 308 g/mol. The molecule has 3 amide bonds. The van der Waals surface area contributed by atoms with Crippen LogP contribution in [0.25, 0.3) is 0 Å². The number of amides is 3. The lowest BCUT2D eigenvalue weighted by molar-refractivity contribution is -0.138. The van der Waals surface area contributed by atoms with Crippen molar-refractivity contribution in [3.63, 3.8) is 0 Å². The maximum absolute atomic E-state index is 12.2. The first kappa shape index (κ1) is 17.9. The van der Waals surface area contributed by atoms with Crippen LogP contribution in [-0.2, 0) is 20.9 Å². The fourth-order valence-electron chi connectivity index (χ4n) is 2.78. The number of carbonyl (C=O) groups is 3. The third-order valence-corrected chi connectivity index (χ3v) is 4.11. The van der Waals surface area contributed by atoms with E-state index in [1.807, 2.05) is 30.3 Å². The second-order valence-electron chi connectivity index (χ2n) is 5.84. The van der Waals surface area contributed by atoms with Crippen molar-refractivity contribution < 1.29 is 14.4 Å². The van der Waals surface area contributed by atoms with E-state index in [1.54, 1.807) is 11.9 Å². The minimum absolute atomic E-state index is 0.0333. The summed E-state index contributed by atoms with van der Waals surface area (Å²) in [4.78, 5) is 39.1. The highest BCUT2D eigenvalue weighted by Crippen LogP contribution is 2.14. The number of likely N-dealkylation sites (N-methyl/N-ethyl adjacent to an activating group) is 1. The zero-order valence-electron chi connectivity index (χ0n) is 14.1. The quantitative estimate of drug-likeness (QED) is 0.767. The topological polar surface area (TPSA) is 81.8 Å². The number of rotatable bonds is 5. The largest absolute Gasteiger partial charge is 0.358 e. The van der Waals surface area contributed by atoms with Crippen molar-refractivity contribution in [2.24, 2.45) is 0 Å². The summed E-state index contributed by atoms with van der Waals surface area (Å²) >= 11 is 0. The van der Waals surface area contributed by atoms with Gasteiger partial charge in [-0.3, -0.25) is 19.3 Å². The van der Waals surface area contributed by atoms with Crippen molar-refractivity contribution in [1.29, 1.82) is 0 Å². The summed E-state index contributed by atoms with van der Waals surface area (Å²) in [6.45, 7) is 3.47. The SMILES string of the molecule is CNC(=O)[C@@H]1CN(C(=O)CNC(C)=O)CCN1Cc1ccccc1. The van der Waals surface area contributed by atoms with Gasteiger partial charge in [0.2, 0.25) is 17.7 Å². The van der Waals surface area contributed by atoms with E-state index in [-0.39, 0.29) is 24.3 Å². The van der Waals surface area contributed by atoms with E-state index in [4.69, 9.17) is 0 Å². The van der Waals surface area contributed by atoms with Crippen molar-refractivity contribution in [3.8, 4) is 0 Å². The summed E-state index contributed by atoms with van der Waals surface area (Å²) in [5.41, 5.74) is 1.13. The molecule has 0 radical (unpaired) electrons. The molecule has 1 aromatic carbocycles. The summed E-state index contributed by atoms with van der Waals surface area (Å²) < 4.78 is 0. The second-order valence-corrected chi connectivity index (χ2v) is 5.84. The van der Waals surface area contributed by atoms with Gasteiger partial charge < -0.3 is 15.5 Å². The van der Waals surface area contributed by atoms with Crippen LogP contribution in [0.4, 0.5) is 0 Å². The van der Waals surface area contributed by atoms with Gasteiger partial charge >= 0.3 is 0 Å². The molecule has 1 saturated heterocycles. The molecule has 1 fully saturated rings. The van der Waals surface area contributed by atoms with Crippen molar-refractivity contribution in [1.82, 2.24) is 20.4 Å². The average Bonchev–Trinajstić information content (AvgIpc) is 2.60. The molecule has 130 valence electrons. The second kappa shape index (κ2) is 8.44. The number of nitrogens with zero attached hydrogens (tertiary/aromatic N) is 2. The molecule has 0 bridgehead atoms. The van der Waals surface area contributed by atoms with Crippen molar-refractivity contribution >= 4 is 17.7 Å². The first-order valence-electron chi connectivity index (χ1n) is 8.03. The number of hydrogen-bond acceptors (Lipinski definition) is 4. The van der Waals surface area contributed by atoms with Crippen LogP contribution in [0.5, 0.6) is 0 Å². The van der Waals surface area contributed by atoms with Gasteiger partial charge in [0.15, 0.2) is 0 Å². The monoisotopic (exact) mass is 332 g/mol. The molecule has 1 atom stereocenters. The maximum atomic E-state index is 12.2. The van der Waals surface area contributed by atoms with E-state index in [9.17, 15) is 14.4 Å². The number of carbonyl (C=O) groups excluding carboxylic acids is 3. The first-order valence-corrected chi connectivity index (χ1v) is 8.03. The molecule has 0 saturated carbocycles. The normalized spacial score (nSPS) is 18.1. The molecule has 1 aromatic rings. The van der Waals surface area contributed by atoms with Gasteiger partial charge in [-0.25, -0.2) is 0 Å². The third kappa shape index (κ3) is 4.79. The van der Waals surface area contributed by atoms with Gasteiger partial charge in [-0.2, -0.15) is 0 Å². The number of hydrogen-bond donors (Lipinski definition) is 2. The van der Waals surface area contributed by atoms with Crippen LogP contribution in [0.2, 0.25) is 0 Å². The Hall–Kier alpha value is -2.41. The van der Waals surface area contributed by atoms with Crippen LogP contribution in [0.1, 0.15) is 12.5 Å². The Balaban J connectivity index is 2.03. The molecule has 2 N–H and O–H groups in total. The lowest BCUT2D eigenvalue weighted by Gasteiger charge is -2.40. The zero-order chi connectivity index (χ0) is 17.5. The third-order valence-electron chi connectivity index (χ3n) is 4.11. The molecule has 0 unspecified atom stereocenters. The van der Waals surface area contributed by atoms with Crippen LogP contribution >= 0.6 is 0 Å². The Morgan fingerprint density at radius 2 is 1.88 bits per heavy atom. The molecule has 0 aliphatic carbocycles. The van der Waals surface area contributed by atoms with Crippen molar-refractivity contribution in [2.45, 2.75) is 19.5 Å². The smallest absolute Gasteiger partial charge is 0.242 e. The molecule has 1 heterocycles. The van der Waals surface area contributed by atoms with Gasteiger partial charge in [-0.15, -0.1) is 0 Å². The van der Waals surface area contributed by atoms with Gasteiger partial charge in [-0.05, 0) is 5.56 Å². The minimum atomic E-state index is -0.398. The Kier molecular flexibility index (Phi) is 6.31. The van der Waals surface area contributed by atoms with E-state index >= 15 is 0 Å². The van der Waals surface area contributed by atoms with E-state index in [0.717, 1.165) is 5.56 Å². The molecule has 0 spiro atoms. The Labute approximate surface area is 142 Å². The van der Waals surface area contributed by atoms with Crippen molar-refractivity contribution in [3.05, 3.63) is 35.9 Å².